The molecule has 0 bridgehead atoms. The second kappa shape index (κ2) is 8.76. The number of hydrogen-bond donors (Lipinski definition) is 1. The summed E-state index contributed by atoms with van der Waals surface area (Å²) in [6.07, 6.45) is 1.65. The number of hydrogen-bond acceptors (Lipinski definition) is 7. The molecule has 0 spiro atoms. The van der Waals surface area contributed by atoms with Gasteiger partial charge in [-0.15, -0.1) is 5.10 Å². The summed E-state index contributed by atoms with van der Waals surface area (Å²) in [7, 11) is 0. The number of aryl methyl sites for hydroxylation is 3. The summed E-state index contributed by atoms with van der Waals surface area (Å²) in [6, 6.07) is 9.69. The molecule has 1 N–H and O–H groups in total. The zero-order chi connectivity index (χ0) is 22.0. The van der Waals surface area contributed by atoms with E-state index < -0.39 is 0 Å². The van der Waals surface area contributed by atoms with E-state index in [0.717, 1.165) is 33.9 Å². The van der Waals surface area contributed by atoms with E-state index in [1.165, 1.54) is 11.8 Å². The summed E-state index contributed by atoms with van der Waals surface area (Å²) in [5.74, 6) is 2.26. The minimum absolute atomic E-state index is 0.162. The maximum absolute atomic E-state index is 12.6. The lowest BCUT2D eigenvalue weighted by atomic mass is 10.1. The molecule has 0 aliphatic heterocycles. The lowest BCUT2D eigenvalue weighted by molar-refractivity contribution is -0.113. The highest BCUT2D eigenvalue weighted by Crippen LogP contribution is 2.23. The molecule has 10 heteroatoms. The molecule has 0 saturated heterocycles. The first-order valence-electron chi connectivity index (χ1n) is 9.77. The third-order valence-electron chi connectivity index (χ3n) is 5.08. The van der Waals surface area contributed by atoms with Gasteiger partial charge in [-0.05, 0) is 66.9 Å². The number of furan rings is 1. The third-order valence-corrected chi connectivity index (χ3v) is 6.00. The van der Waals surface area contributed by atoms with E-state index in [1.54, 1.807) is 21.6 Å². The molecule has 4 rings (SSSR count). The first kappa shape index (κ1) is 20.9. The Kier molecular flexibility index (Phi) is 5.90. The highest BCUT2D eigenvalue weighted by atomic mass is 32.2. The van der Waals surface area contributed by atoms with Crippen molar-refractivity contribution in [2.45, 2.75) is 39.4 Å². The molecule has 31 heavy (non-hydrogen) atoms. The smallest absolute Gasteiger partial charge is 0.235 e. The van der Waals surface area contributed by atoms with Gasteiger partial charge in [0.1, 0.15) is 23.9 Å². The molecular formula is C21H23N7O2S. The summed E-state index contributed by atoms with van der Waals surface area (Å²) in [4.78, 5) is 12.6. The molecule has 4 aromatic rings. The second-order valence-electron chi connectivity index (χ2n) is 7.26. The Morgan fingerprint density at radius 2 is 2.00 bits per heavy atom. The fraction of sp³-hybridized carbons (Fsp3) is 0.286. The molecular weight excluding hydrogens is 414 g/mol. The summed E-state index contributed by atoms with van der Waals surface area (Å²) in [5.41, 5.74) is 4.23. The summed E-state index contributed by atoms with van der Waals surface area (Å²) in [5, 5.41) is 19.7. The van der Waals surface area contributed by atoms with Gasteiger partial charge in [-0.3, -0.25) is 4.79 Å². The predicted molar refractivity (Wildman–Crippen MR) is 117 cm³/mol. The molecule has 9 nitrogen and oxygen atoms in total. The molecule has 3 aromatic heterocycles. The van der Waals surface area contributed by atoms with E-state index in [0.29, 0.717) is 17.5 Å². The normalized spacial score (nSPS) is 11.1. The van der Waals surface area contributed by atoms with E-state index in [-0.39, 0.29) is 11.7 Å². The molecule has 1 aromatic carbocycles. The Morgan fingerprint density at radius 1 is 1.16 bits per heavy atom. The van der Waals surface area contributed by atoms with E-state index in [9.17, 15) is 4.79 Å². The minimum Gasteiger partial charge on any atom is -0.464 e. The number of thioether (sulfide) groups is 1. The van der Waals surface area contributed by atoms with Crippen LogP contribution in [0.4, 0.5) is 5.82 Å². The summed E-state index contributed by atoms with van der Waals surface area (Å²) < 4.78 is 9.07. The largest absolute Gasteiger partial charge is 0.464 e. The van der Waals surface area contributed by atoms with Crippen LogP contribution in [-0.4, -0.2) is 41.6 Å². The Labute approximate surface area is 183 Å². The molecule has 0 unspecified atom stereocenters. The van der Waals surface area contributed by atoms with Gasteiger partial charge in [0, 0.05) is 6.07 Å². The number of benzene rings is 1. The lowest BCUT2D eigenvalue weighted by Crippen LogP contribution is -2.18. The monoisotopic (exact) mass is 437 g/mol. The van der Waals surface area contributed by atoms with Gasteiger partial charge in [-0.1, -0.05) is 23.9 Å². The standard InChI is InChI=1S/C21H23N7O2S/c1-13-6-5-7-18(15(13)3)28-21(24-25-26-28)31-12-20(29)23-19-8-9-22-27(19)11-17-10-14(2)16(4)30-17/h5-10H,11-12H2,1-4H3,(H,23,29). The van der Waals surface area contributed by atoms with Gasteiger partial charge >= 0.3 is 0 Å². The number of tetrazole rings is 1. The van der Waals surface area contributed by atoms with Crippen LogP contribution in [0.1, 0.15) is 28.2 Å². The van der Waals surface area contributed by atoms with Crippen LogP contribution >= 0.6 is 11.8 Å². The van der Waals surface area contributed by atoms with E-state index >= 15 is 0 Å². The number of nitrogens with one attached hydrogen (secondary N) is 1. The Balaban J connectivity index is 1.41. The highest BCUT2D eigenvalue weighted by Gasteiger charge is 2.15. The van der Waals surface area contributed by atoms with Gasteiger partial charge < -0.3 is 9.73 Å². The first-order chi connectivity index (χ1) is 14.9. The van der Waals surface area contributed by atoms with Gasteiger partial charge in [0.05, 0.1) is 17.6 Å². The fourth-order valence-electron chi connectivity index (χ4n) is 3.13. The lowest BCUT2D eigenvalue weighted by Gasteiger charge is -2.10. The van der Waals surface area contributed by atoms with Crippen LogP contribution in [0.25, 0.3) is 5.69 Å². The number of carbonyl (C=O) groups excluding carboxylic acids is 1. The minimum atomic E-state index is -0.172. The van der Waals surface area contributed by atoms with Gasteiger partial charge in [0.2, 0.25) is 11.1 Å². The maximum atomic E-state index is 12.6. The zero-order valence-corrected chi connectivity index (χ0v) is 18.6. The van der Waals surface area contributed by atoms with Gasteiger partial charge in [-0.25, -0.2) is 4.68 Å². The predicted octanol–water partition coefficient (Wildman–Crippen LogP) is 3.46. The Hall–Kier alpha value is -3.40. The van der Waals surface area contributed by atoms with Crippen molar-refractivity contribution >= 4 is 23.5 Å². The molecule has 0 fully saturated rings. The average molecular weight is 438 g/mol. The Morgan fingerprint density at radius 3 is 2.77 bits per heavy atom. The van der Waals surface area contributed by atoms with Crippen LogP contribution < -0.4 is 5.32 Å². The second-order valence-corrected chi connectivity index (χ2v) is 8.20. The quantitative estimate of drug-likeness (QED) is 0.442. The first-order valence-corrected chi connectivity index (χ1v) is 10.8. The number of amides is 1. The van der Waals surface area contributed by atoms with E-state index in [1.807, 2.05) is 52.0 Å². The topological polar surface area (TPSA) is 104 Å². The number of carbonyl (C=O) groups is 1. The van der Waals surface area contributed by atoms with Crippen LogP contribution in [0.3, 0.4) is 0 Å². The molecule has 0 aliphatic carbocycles. The molecule has 160 valence electrons. The number of nitrogens with zero attached hydrogens (tertiary/aromatic N) is 6. The van der Waals surface area contributed by atoms with Crippen molar-refractivity contribution in [3.8, 4) is 5.69 Å². The number of rotatable bonds is 7. The van der Waals surface area contributed by atoms with Crippen molar-refractivity contribution in [3.63, 3.8) is 0 Å². The van der Waals surface area contributed by atoms with Crippen molar-refractivity contribution in [3.05, 3.63) is 64.7 Å². The van der Waals surface area contributed by atoms with Crippen LogP contribution in [0, 0.1) is 27.7 Å². The van der Waals surface area contributed by atoms with Crippen molar-refractivity contribution in [2.24, 2.45) is 0 Å². The van der Waals surface area contributed by atoms with Crippen LogP contribution in [-0.2, 0) is 11.3 Å². The van der Waals surface area contributed by atoms with Crippen molar-refractivity contribution < 1.29 is 9.21 Å². The van der Waals surface area contributed by atoms with Crippen LogP contribution in [0.15, 0.2) is 46.1 Å². The van der Waals surface area contributed by atoms with Crippen LogP contribution in [0.5, 0.6) is 0 Å². The van der Waals surface area contributed by atoms with E-state index in [2.05, 4.69) is 25.9 Å². The molecule has 0 saturated carbocycles. The SMILES string of the molecule is Cc1cc(Cn2nccc2NC(=O)CSc2nnnn2-c2cccc(C)c2C)oc1C. The summed E-state index contributed by atoms with van der Waals surface area (Å²) >= 11 is 1.27. The number of anilines is 1. The van der Waals surface area contributed by atoms with Crippen molar-refractivity contribution in [2.75, 3.05) is 11.1 Å². The molecule has 3 heterocycles. The van der Waals surface area contributed by atoms with Crippen molar-refractivity contribution in [1.29, 1.82) is 0 Å². The van der Waals surface area contributed by atoms with Gasteiger partial charge in [0.15, 0.2) is 0 Å². The molecule has 0 aliphatic rings. The Bertz CT molecular complexity index is 1200. The molecule has 1 amide bonds. The average Bonchev–Trinajstić information content (AvgIpc) is 3.44. The zero-order valence-electron chi connectivity index (χ0n) is 17.8. The number of aromatic nitrogens is 6. The fourth-order valence-corrected chi connectivity index (χ4v) is 3.82. The van der Waals surface area contributed by atoms with Crippen molar-refractivity contribution in [1.82, 2.24) is 30.0 Å². The summed E-state index contributed by atoms with van der Waals surface area (Å²) in [6.45, 7) is 8.43. The van der Waals surface area contributed by atoms with E-state index in [4.69, 9.17) is 4.42 Å². The third kappa shape index (κ3) is 4.53. The molecule has 0 atom stereocenters. The maximum Gasteiger partial charge on any atom is 0.235 e. The highest BCUT2D eigenvalue weighted by molar-refractivity contribution is 7.99. The molecule has 0 radical (unpaired) electrons. The van der Waals surface area contributed by atoms with Crippen LogP contribution in [0.2, 0.25) is 0 Å². The van der Waals surface area contributed by atoms with Gasteiger partial charge in [-0.2, -0.15) is 9.78 Å². The van der Waals surface area contributed by atoms with Gasteiger partial charge in [0.25, 0.3) is 0 Å².